The van der Waals surface area contributed by atoms with Gasteiger partial charge in [-0.05, 0) is 51.1 Å². The standard InChI is InChI=1S/C19H26N4O3/c1-5-22(10-18-20-13(4)21-26-18)7-15-16-8-23(9-17(15)16)19(24)14-6-11(2)25-12(14)3/h6,15-17H,5,7-10H2,1-4H3/t15?,16-,17+. The van der Waals surface area contributed by atoms with Crippen LogP contribution in [0.1, 0.15) is 40.5 Å². The van der Waals surface area contributed by atoms with Crippen LogP contribution < -0.4 is 0 Å². The van der Waals surface area contributed by atoms with Gasteiger partial charge in [0.25, 0.3) is 5.91 Å². The minimum absolute atomic E-state index is 0.110. The first-order chi connectivity index (χ1) is 12.5. The van der Waals surface area contributed by atoms with Gasteiger partial charge in [-0.2, -0.15) is 4.98 Å². The van der Waals surface area contributed by atoms with Crippen molar-refractivity contribution < 1.29 is 13.7 Å². The van der Waals surface area contributed by atoms with E-state index in [1.54, 1.807) is 0 Å². The second kappa shape index (κ2) is 6.54. The molecule has 26 heavy (non-hydrogen) atoms. The Balaban J connectivity index is 1.31. The van der Waals surface area contributed by atoms with Gasteiger partial charge >= 0.3 is 0 Å². The Morgan fingerprint density at radius 1 is 1.31 bits per heavy atom. The molecular formula is C19H26N4O3. The monoisotopic (exact) mass is 358 g/mol. The van der Waals surface area contributed by atoms with E-state index in [0.29, 0.717) is 41.6 Å². The van der Waals surface area contributed by atoms with Gasteiger partial charge in [-0.3, -0.25) is 9.69 Å². The molecule has 0 bridgehead atoms. The number of rotatable bonds is 6. The molecule has 2 aromatic heterocycles. The summed E-state index contributed by atoms with van der Waals surface area (Å²) in [6, 6.07) is 1.85. The third-order valence-corrected chi connectivity index (χ3v) is 5.77. The Kier molecular flexibility index (Phi) is 4.34. The van der Waals surface area contributed by atoms with Crippen LogP contribution in [0.4, 0.5) is 0 Å². The number of hydrogen-bond donors (Lipinski definition) is 0. The molecule has 3 heterocycles. The number of likely N-dealkylation sites (tertiary alicyclic amines) is 1. The Bertz CT molecular complexity index is 800. The zero-order chi connectivity index (χ0) is 18.4. The molecule has 2 fully saturated rings. The first-order valence-corrected chi connectivity index (χ1v) is 9.34. The number of amides is 1. The molecule has 7 nitrogen and oxygen atoms in total. The summed E-state index contributed by atoms with van der Waals surface area (Å²) in [5, 5.41) is 3.86. The molecule has 7 heteroatoms. The second-order valence-corrected chi connectivity index (χ2v) is 7.59. The average molecular weight is 358 g/mol. The van der Waals surface area contributed by atoms with Crippen LogP contribution in [0.5, 0.6) is 0 Å². The molecule has 1 amide bonds. The number of fused-ring (bicyclic) bond motifs is 1. The summed E-state index contributed by atoms with van der Waals surface area (Å²) in [6.07, 6.45) is 0. The minimum atomic E-state index is 0.110. The summed E-state index contributed by atoms with van der Waals surface area (Å²) in [7, 11) is 0. The van der Waals surface area contributed by atoms with Crippen LogP contribution in [-0.2, 0) is 6.54 Å². The Morgan fingerprint density at radius 3 is 2.58 bits per heavy atom. The van der Waals surface area contributed by atoms with Gasteiger partial charge in [0.05, 0.1) is 12.1 Å². The Morgan fingerprint density at radius 2 is 2.04 bits per heavy atom. The quantitative estimate of drug-likeness (QED) is 0.789. The van der Waals surface area contributed by atoms with Crippen LogP contribution in [0, 0.1) is 38.5 Å². The lowest BCUT2D eigenvalue weighted by Crippen LogP contribution is -2.34. The lowest BCUT2D eigenvalue weighted by molar-refractivity contribution is 0.0761. The number of aromatic nitrogens is 2. The molecule has 1 aliphatic heterocycles. The van der Waals surface area contributed by atoms with Crippen molar-refractivity contribution in [3.05, 3.63) is 34.9 Å². The number of piperidine rings is 1. The molecule has 1 unspecified atom stereocenters. The Hall–Kier alpha value is -2.15. The van der Waals surface area contributed by atoms with Crippen LogP contribution in [0.3, 0.4) is 0 Å². The van der Waals surface area contributed by atoms with Gasteiger partial charge in [0.1, 0.15) is 11.5 Å². The van der Waals surface area contributed by atoms with E-state index in [1.807, 2.05) is 31.7 Å². The summed E-state index contributed by atoms with van der Waals surface area (Å²) in [5.41, 5.74) is 0.710. The maximum Gasteiger partial charge on any atom is 0.257 e. The van der Waals surface area contributed by atoms with Crippen molar-refractivity contribution >= 4 is 5.91 Å². The first-order valence-electron chi connectivity index (χ1n) is 9.34. The van der Waals surface area contributed by atoms with Gasteiger partial charge in [0, 0.05) is 19.6 Å². The molecule has 0 N–H and O–H groups in total. The molecule has 3 atom stereocenters. The average Bonchev–Trinajstić information content (AvgIpc) is 3.00. The van der Waals surface area contributed by atoms with Crippen LogP contribution in [0.15, 0.2) is 15.0 Å². The lowest BCUT2D eigenvalue weighted by Gasteiger charge is -2.23. The topological polar surface area (TPSA) is 75.6 Å². The van der Waals surface area contributed by atoms with Crippen molar-refractivity contribution in [2.24, 2.45) is 17.8 Å². The highest BCUT2D eigenvalue weighted by Gasteiger charge is 2.56. The minimum Gasteiger partial charge on any atom is -0.466 e. The number of furan rings is 1. The van der Waals surface area contributed by atoms with E-state index < -0.39 is 0 Å². The first kappa shape index (κ1) is 17.3. The molecular weight excluding hydrogens is 332 g/mol. The van der Waals surface area contributed by atoms with Crippen molar-refractivity contribution in [2.45, 2.75) is 34.2 Å². The molecule has 4 rings (SSSR count). The van der Waals surface area contributed by atoms with E-state index in [2.05, 4.69) is 22.0 Å². The molecule has 0 spiro atoms. The Labute approximate surface area is 153 Å². The van der Waals surface area contributed by atoms with E-state index in [4.69, 9.17) is 8.94 Å². The van der Waals surface area contributed by atoms with E-state index in [1.165, 1.54) is 0 Å². The molecule has 1 aliphatic carbocycles. The maximum atomic E-state index is 12.7. The number of carbonyl (C=O) groups is 1. The van der Waals surface area contributed by atoms with Crippen LogP contribution in [0.2, 0.25) is 0 Å². The van der Waals surface area contributed by atoms with Crippen molar-refractivity contribution in [2.75, 3.05) is 26.2 Å². The molecule has 140 valence electrons. The summed E-state index contributed by atoms with van der Waals surface area (Å²) >= 11 is 0. The third-order valence-electron chi connectivity index (χ3n) is 5.77. The van der Waals surface area contributed by atoms with Gasteiger partial charge in [0.15, 0.2) is 5.82 Å². The SMILES string of the molecule is CCN(Cc1nc(C)no1)CC1[C@H]2CN(C(=O)c3cc(C)oc3C)C[C@@H]12. The van der Waals surface area contributed by atoms with Crippen LogP contribution in [0.25, 0.3) is 0 Å². The zero-order valence-corrected chi connectivity index (χ0v) is 15.9. The van der Waals surface area contributed by atoms with Gasteiger partial charge in [-0.15, -0.1) is 0 Å². The van der Waals surface area contributed by atoms with Crippen molar-refractivity contribution in [1.29, 1.82) is 0 Å². The van der Waals surface area contributed by atoms with Gasteiger partial charge in [-0.1, -0.05) is 12.1 Å². The largest absolute Gasteiger partial charge is 0.466 e. The van der Waals surface area contributed by atoms with E-state index in [0.717, 1.165) is 37.7 Å². The lowest BCUT2D eigenvalue weighted by atomic mass is 10.2. The third kappa shape index (κ3) is 3.16. The molecule has 0 radical (unpaired) electrons. The predicted octanol–water partition coefficient (Wildman–Crippen LogP) is 2.43. The molecule has 0 aromatic carbocycles. The fourth-order valence-electron chi connectivity index (χ4n) is 4.30. The summed E-state index contributed by atoms with van der Waals surface area (Å²) < 4.78 is 10.7. The number of hydrogen-bond acceptors (Lipinski definition) is 6. The van der Waals surface area contributed by atoms with E-state index in [9.17, 15) is 4.79 Å². The molecule has 2 aromatic rings. The van der Waals surface area contributed by atoms with E-state index in [-0.39, 0.29) is 5.91 Å². The highest BCUT2D eigenvalue weighted by atomic mass is 16.5. The summed E-state index contributed by atoms with van der Waals surface area (Å²) in [6.45, 7) is 12.1. The predicted molar refractivity (Wildman–Crippen MR) is 94.5 cm³/mol. The normalized spacial score (nSPS) is 24.3. The molecule has 2 aliphatic rings. The highest BCUT2D eigenvalue weighted by molar-refractivity contribution is 5.95. The van der Waals surface area contributed by atoms with Crippen LogP contribution in [-0.4, -0.2) is 52.0 Å². The van der Waals surface area contributed by atoms with Gasteiger partial charge < -0.3 is 13.8 Å². The van der Waals surface area contributed by atoms with Gasteiger partial charge in [-0.25, -0.2) is 0 Å². The highest BCUT2D eigenvalue weighted by Crippen LogP contribution is 2.52. The fourth-order valence-corrected chi connectivity index (χ4v) is 4.30. The number of aryl methyl sites for hydroxylation is 3. The molecule has 1 saturated carbocycles. The van der Waals surface area contributed by atoms with Crippen molar-refractivity contribution in [1.82, 2.24) is 19.9 Å². The van der Waals surface area contributed by atoms with Gasteiger partial charge in [0.2, 0.25) is 5.89 Å². The summed E-state index contributed by atoms with van der Waals surface area (Å²) in [4.78, 5) is 21.3. The molecule has 1 saturated heterocycles. The van der Waals surface area contributed by atoms with Crippen molar-refractivity contribution in [3.8, 4) is 0 Å². The smallest absolute Gasteiger partial charge is 0.257 e. The van der Waals surface area contributed by atoms with E-state index >= 15 is 0 Å². The second-order valence-electron chi connectivity index (χ2n) is 7.59. The van der Waals surface area contributed by atoms with Crippen LogP contribution >= 0.6 is 0 Å². The fraction of sp³-hybridized carbons (Fsp3) is 0.632. The zero-order valence-electron chi connectivity index (χ0n) is 15.9. The van der Waals surface area contributed by atoms with Crippen molar-refractivity contribution in [3.63, 3.8) is 0 Å². The maximum absolute atomic E-state index is 12.7. The number of carbonyl (C=O) groups excluding carboxylic acids is 1. The summed E-state index contributed by atoms with van der Waals surface area (Å²) in [5.74, 6) is 4.88. The number of nitrogens with zero attached hydrogens (tertiary/aromatic N) is 4.